The highest BCUT2D eigenvalue weighted by Crippen LogP contribution is 2.37. The normalized spacial score (nSPS) is 10.9. The third kappa shape index (κ3) is 7.78. The Hall–Kier alpha value is -4.44. The molecule has 0 spiro atoms. The largest absolute Gasteiger partial charge is 0.493 e. The Balaban J connectivity index is 1.41. The second kappa shape index (κ2) is 13.4. The van der Waals surface area contributed by atoms with Crippen molar-refractivity contribution in [3.05, 3.63) is 123 Å². The van der Waals surface area contributed by atoms with Crippen LogP contribution >= 0.6 is 23.2 Å². The molecule has 0 heterocycles. The van der Waals surface area contributed by atoms with Crippen molar-refractivity contribution in [3.8, 4) is 23.3 Å². The summed E-state index contributed by atoms with van der Waals surface area (Å²) in [6.07, 6.45) is 1.44. The Bertz CT molecular complexity index is 1500. The predicted molar refractivity (Wildman–Crippen MR) is 153 cm³/mol. The Labute approximate surface area is 237 Å². The van der Waals surface area contributed by atoms with Crippen LogP contribution in [0, 0.1) is 11.3 Å². The average molecular weight is 559 g/mol. The maximum atomic E-state index is 12.8. The smallest absolute Gasteiger partial charge is 0.266 e. The lowest BCUT2D eigenvalue weighted by molar-refractivity contribution is -0.112. The van der Waals surface area contributed by atoms with E-state index in [1.54, 1.807) is 48.5 Å². The lowest BCUT2D eigenvalue weighted by Gasteiger charge is -2.13. The Morgan fingerprint density at radius 2 is 1.56 bits per heavy atom. The van der Waals surface area contributed by atoms with E-state index in [1.807, 2.05) is 48.5 Å². The van der Waals surface area contributed by atoms with Crippen LogP contribution in [-0.4, -0.2) is 13.0 Å². The number of nitrogens with one attached hydrogen (secondary N) is 1. The molecule has 6 nitrogen and oxygen atoms in total. The van der Waals surface area contributed by atoms with Gasteiger partial charge in [-0.1, -0.05) is 65.7 Å². The van der Waals surface area contributed by atoms with Gasteiger partial charge in [-0.3, -0.25) is 4.79 Å². The van der Waals surface area contributed by atoms with Gasteiger partial charge in [-0.25, -0.2) is 0 Å². The standard InChI is InChI=1S/C31H24Cl2N2O4/c1-37-29-17-23(16-28(33)30(29)39-20-21-5-3-2-4-6-21)15-24(18-34)31(36)35-26-11-13-27(14-12-26)38-19-22-7-9-25(32)10-8-22/h2-17H,19-20H2,1H3,(H,35,36)/b24-15+. The Morgan fingerprint density at radius 3 is 2.23 bits per heavy atom. The van der Waals surface area contributed by atoms with E-state index in [-0.39, 0.29) is 5.57 Å². The van der Waals surface area contributed by atoms with Crippen LogP contribution < -0.4 is 19.5 Å². The topological polar surface area (TPSA) is 80.6 Å². The summed E-state index contributed by atoms with van der Waals surface area (Å²) in [5, 5.41) is 13.3. The van der Waals surface area contributed by atoms with E-state index in [1.165, 1.54) is 13.2 Å². The van der Waals surface area contributed by atoms with Gasteiger partial charge in [0, 0.05) is 10.7 Å². The van der Waals surface area contributed by atoms with E-state index in [0.29, 0.717) is 51.8 Å². The van der Waals surface area contributed by atoms with Crippen LogP contribution in [0.15, 0.2) is 96.6 Å². The van der Waals surface area contributed by atoms with Gasteiger partial charge in [0.05, 0.1) is 12.1 Å². The number of anilines is 1. The summed E-state index contributed by atoms with van der Waals surface area (Å²) in [7, 11) is 1.50. The quantitative estimate of drug-likeness (QED) is 0.159. The van der Waals surface area contributed by atoms with E-state index in [9.17, 15) is 10.1 Å². The van der Waals surface area contributed by atoms with E-state index in [2.05, 4.69) is 5.32 Å². The van der Waals surface area contributed by atoms with Crippen molar-refractivity contribution in [1.29, 1.82) is 5.26 Å². The second-order valence-corrected chi connectivity index (χ2v) is 9.22. The Kier molecular flexibility index (Phi) is 9.47. The highest BCUT2D eigenvalue weighted by atomic mass is 35.5. The highest BCUT2D eigenvalue weighted by Gasteiger charge is 2.15. The van der Waals surface area contributed by atoms with Gasteiger partial charge in [0.1, 0.15) is 30.6 Å². The van der Waals surface area contributed by atoms with Gasteiger partial charge in [0.2, 0.25) is 0 Å². The number of carbonyl (C=O) groups excluding carboxylic acids is 1. The molecule has 0 aliphatic heterocycles. The van der Waals surface area contributed by atoms with Gasteiger partial charge in [-0.15, -0.1) is 0 Å². The molecular weight excluding hydrogens is 535 g/mol. The molecule has 4 aromatic rings. The van der Waals surface area contributed by atoms with Crippen LogP contribution in [0.2, 0.25) is 10.0 Å². The monoisotopic (exact) mass is 558 g/mol. The van der Waals surface area contributed by atoms with Crippen LogP contribution in [0.25, 0.3) is 6.08 Å². The number of ether oxygens (including phenoxy) is 3. The third-order valence-electron chi connectivity index (χ3n) is 5.58. The predicted octanol–water partition coefficient (Wildman–Crippen LogP) is 7.71. The number of amides is 1. The van der Waals surface area contributed by atoms with Crippen molar-refractivity contribution >= 4 is 40.9 Å². The molecule has 0 fully saturated rings. The minimum atomic E-state index is -0.563. The zero-order chi connectivity index (χ0) is 27.6. The molecule has 0 unspecified atom stereocenters. The lowest BCUT2D eigenvalue weighted by Crippen LogP contribution is -2.13. The van der Waals surface area contributed by atoms with E-state index in [4.69, 9.17) is 37.4 Å². The molecule has 196 valence electrons. The van der Waals surface area contributed by atoms with Gasteiger partial charge < -0.3 is 19.5 Å². The number of rotatable bonds is 10. The molecule has 1 N–H and O–H groups in total. The zero-order valence-electron chi connectivity index (χ0n) is 21.0. The number of hydrogen-bond donors (Lipinski definition) is 1. The molecule has 0 atom stereocenters. The van der Waals surface area contributed by atoms with E-state index < -0.39 is 5.91 Å². The van der Waals surface area contributed by atoms with Gasteiger partial charge in [0.25, 0.3) is 5.91 Å². The average Bonchev–Trinajstić information content (AvgIpc) is 2.96. The molecule has 0 radical (unpaired) electrons. The summed E-state index contributed by atoms with van der Waals surface area (Å²) in [5.41, 5.74) is 2.88. The first-order chi connectivity index (χ1) is 18.9. The summed E-state index contributed by atoms with van der Waals surface area (Å²) >= 11 is 12.4. The minimum Gasteiger partial charge on any atom is -0.493 e. The molecule has 4 aromatic carbocycles. The molecule has 0 saturated carbocycles. The summed E-state index contributed by atoms with van der Waals surface area (Å²) in [6, 6.07) is 29.1. The molecule has 0 bridgehead atoms. The van der Waals surface area contributed by atoms with Gasteiger partial charge in [0.15, 0.2) is 11.5 Å². The fourth-order valence-electron chi connectivity index (χ4n) is 3.59. The molecule has 8 heteroatoms. The third-order valence-corrected chi connectivity index (χ3v) is 6.12. The molecule has 0 aliphatic carbocycles. The zero-order valence-corrected chi connectivity index (χ0v) is 22.5. The fourth-order valence-corrected chi connectivity index (χ4v) is 3.99. The van der Waals surface area contributed by atoms with Gasteiger partial charge in [-0.2, -0.15) is 5.26 Å². The number of hydrogen-bond acceptors (Lipinski definition) is 5. The van der Waals surface area contributed by atoms with Crippen molar-refractivity contribution < 1.29 is 19.0 Å². The van der Waals surface area contributed by atoms with Crippen LogP contribution in [0.5, 0.6) is 17.2 Å². The number of nitrogens with zero attached hydrogens (tertiary/aromatic N) is 1. The van der Waals surface area contributed by atoms with Crippen LogP contribution in [0.1, 0.15) is 16.7 Å². The van der Waals surface area contributed by atoms with Crippen LogP contribution in [0.4, 0.5) is 5.69 Å². The number of benzene rings is 4. The van der Waals surface area contributed by atoms with Crippen molar-refractivity contribution in [2.75, 3.05) is 12.4 Å². The van der Waals surface area contributed by atoms with Gasteiger partial charge >= 0.3 is 0 Å². The van der Waals surface area contributed by atoms with Crippen molar-refractivity contribution in [3.63, 3.8) is 0 Å². The molecule has 1 amide bonds. The van der Waals surface area contributed by atoms with Crippen molar-refractivity contribution in [1.82, 2.24) is 0 Å². The summed E-state index contributed by atoms with van der Waals surface area (Å²) in [6.45, 7) is 0.690. The first kappa shape index (κ1) is 27.6. The van der Waals surface area contributed by atoms with E-state index >= 15 is 0 Å². The summed E-state index contributed by atoms with van der Waals surface area (Å²) in [5.74, 6) is 0.834. The lowest BCUT2D eigenvalue weighted by atomic mass is 10.1. The highest BCUT2D eigenvalue weighted by molar-refractivity contribution is 6.32. The minimum absolute atomic E-state index is 0.103. The first-order valence-corrected chi connectivity index (χ1v) is 12.7. The summed E-state index contributed by atoms with van der Waals surface area (Å²) in [4.78, 5) is 12.8. The maximum absolute atomic E-state index is 12.8. The molecule has 0 aliphatic rings. The molecular formula is C31H24Cl2N2O4. The van der Waals surface area contributed by atoms with Crippen molar-refractivity contribution in [2.24, 2.45) is 0 Å². The first-order valence-electron chi connectivity index (χ1n) is 11.9. The fraction of sp³-hybridized carbons (Fsp3) is 0.0968. The SMILES string of the molecule is COc1cc(/C=C(\C#N)C(=O)Nc2ccc(OCc3ccc(Cl)cc3)cc2)cc(Cl)c1OCc1ccccc1. The molecule has 39 heavy (non-hydrogen) atoms. The number of methoxy groups -OCH3 is 1. The van der Waals surface area contributed by atoms with Gasteiger partial charge in [-0.05, 0) is 71.3 Å². The number of halogens is 2. The number of nitriles is 1. The molecule has 4 rings (SSSR count). The summed E-state index contributed by atoms with van der Waals surface area (Å²) < 4.78 is 17.1. The number of carbonyl (C=O) groups is 1. The second-order valence-electron chi connectivity index (χ2n) is 8.37. The van der Waals surface area contributed by atoms with E-state index in [0.717, 1.165) is 11.1 Å². The maximum Gasteiger partial charge on any atom is 0.266 e. The molecule has 0 saturated heterocycles. The van der Waals surface area contributed by atoms with Crippen LogP contribution in [0.3, 0.4) is 0 Å². The van der Waals surface area contributed by atoms with Crippen LogP contribution in [-0.2, 0) is 18.0 Å². The van der Waals surface area contributed by atoms with Crippen molar-refractivity contribution in [2.45, 2.75) is 13.2 Å². The Morgan fingerprint density at radius 1 is 0.897 bits per heavy atom. The molecule has 0 aromatic heterocycles.